The monoisotopic (exact) mass is 388 g/mol. The lowest BCUT2D eigenvalue weighted by molar-refractivity contribution is -0.128. The first kappa shape index (κ1) is 21.2. The normalized spacial score (nSPS) is 10.3. The molecule has 0 atom stereocenters. The van der Waals surface area contributed by atoms with Crippen LogP contribution in [0, 0.1) is 5.82 Å². The molecule has 0 spiro atoms. The van der Waals surface area contributed by atoms with Crippen molar-refractivity contribution in [3.8, 4) is 11.5 Å². The molecule has 0 aromatic heterocycles. The molecule has 2 aromatic carbocycles. The highest BCUT2D eigenvalue weighted by Crippen LogP contribution is 2.27. The highest BCUT2D eigenvalue weighted by molar-refractivity contribution is 5.94. The van der Waals surface area contributed by atoms with E-state index in [0.29, 0.717) is 31.0 Å². The zero-order valence-electron chi connectivity index (χ0n) is 16.3. The molecule has 2 aromatic rings. The smallest absolute Gasteiger partial charge is 0.254 e. The Balaban J connectivity index is 1.89. The number of benzene rings is 2. The Labute approximate surface area is 164 Å². The highest BCUT2D eigenvalue weighted by atomic mass is 19.1. The quantitative estimate of drug-likeness (QED) is 0.717. The van der Waals surface area contributed by atoms with Crippen LogP contribution in [0.25, 0.3) is 0 Å². The summed E-state index contributed by atoms with van der Waals surface area (Å²) in [5.41, 5.74) is 0.987. The molecule has 0 saturated carbocycles. The number of nitrogens with one attached hydrogen (secondary N) is 1. The van der Waals surface area contributed by atoms with Crippen LogP contribution in [0.1, 0.15) is 22.8 Å². The van der Waals surface area contributed by atoms with Gasteiger partial charge >= 0.3 is 0 Å². The predicted molar refractivity (Wildman–Crippen MR) is 104 cm³/mol. The SMILES string of the molecule is COc1ccc(CCN(CCNC(=O)c2ccccc2F)C(C)=O)cc1OC. The van der Waals surface area contributed by atoms with Crippen molar-refractivity contribution < 1.29 is 23.5 Å². The van der Waals surface area contributed by atoms with Gasteiger partial charge in [-0.25, -0.2) is 4.39 Å². The van der Waals surface area contributed by atoms with Gasteiger partial charge in [0.2, 0.25) is 5.91 Å². The van der Waals surface area contributed by atoms with Crippen molar-refractivity contribution in [3.05, 3.63) is 59.4 Å². The number of carbonyl (C=O) groups excluding carboxylic acids is 2. The van der Waals surface area contributed by atoms with E-state index in [1.54, 1.807) is 25.2 Å². The third kappa shape index (κ3) is 5.70. The fourth-order valence-corrected chi connectivity index (χ4v) is 2.77. The minimum Gasteiger partial charge on any atom is -0.493 e. The van der Waals surface area contributed by atoms with Crippen LogP contribution in [0.15, 0.2) is 42.5 Å². The summed E-state index contributed by atoms with van der Waals surface area (Å²) in [7, 11) is 3.15. The van der Waals surface area contributed by atoms with Crippen molar-refractivity contribution in [1.29, 1.82) is 0 Å². The summed E-state index contributed by atoms with van der Waals surface area (Å²) in [6.07, 6.45) is 0.626. The van der Waals surface area contributed by atoms with Crippen molar-refractivity contribution in [2.24, 2.45) is 0 Å². The maximum atomic E-state index is 13.6. The number of methoxy groups -OCH3 is 2. The van der Waals surface area contributed by atoms with Crippen molar-refractivity contribution in [1.82, 2.24) is 10.2 Å². The average molecular weight is 388 g/mol. The predicted octanol–water partition coefficient (Wildman–Crippen LogP) is 2.66. The Kier molecular flexibility index (Phi) is 7.80. The van der Waals surface area contributed by atoms with E-state index in [0.717, 1.165) is 5.56 Å². The molecular formula is C21H25FN2O4. The molecule has 6 nitrogen and oxygen atoms in total. The summed E-state index contributed by atoms with van der Waals surface area (Å²) < 4.78 is 24.1. The molecule has 0 unspecified atom stereocenters. The van der Waals surface area contributed by atoms with Crippen molar-refractivity contribution in [3.63, 3.8) is 0 Å². The van der Waals surface area contributed by atoms with E-state index in [1.165, 1.54) is 25.1 Å². The topological polar surface area (TPSA) is 67.9 Å². The van der Waals surface area contributed by atoms with Gasteiger partial charge in [-0.15, -0.1) is 0 Å². The van der Waals surface area contributed by atoms with Crippen molar-refractivity contribution in [2.45, 2.75) is 13.3 Å². The fourth-order valence-electron chi connectivity index (χ4n) is 2.77. The highest BCUT2D eigenvalue weighted by Gasteiger charge is 2.13. The molecule has 150 valence electrons. The van der Waals surface area contributed by atoms with Crippen molar-refractivity contribution in [2.75, 3.05) is 33.9 Å². The van der Waals surface area contributed by atoms with E-state index < -0.39 is 11.7 Å². The Morgan fingerprint density at radius 2 is 1.75 bits per heavy atom. The number of hydrogen-bond acceptors (Lipinski definition) is 4. The summed E-state index contributed by atoms with van der Waals surface area (Å²) >= 11 is 0. The molecule has 0 saturated heterocycles. The van der Waals surface area contributed by atoms with Crippen LogP contribution in [-0.4, -0.2) is 50.6 Å². The molecule has 7 heteroatoms. The number of rotatable bonds is 9. The van der Waals surface area contributed by atoms with Gasteiger partial charge in [-0.1, -0.05) is 18.2 Å². The molecule has 0 aliphatic heterocycles. The molecule has 2 amide bonds. The average Bonchev–Trinajstić information content (AvgIpc) is 2.70. The Morgan fingerprint density at radius 1 is 1.04 bits per heavy atom. The summed E-state index contributed by atoms with van der Waals surface area (Å²) in [6, 6.07) is 11.4. The molecule has 0 fully saturated rings. The molecule has 2 rings (SSSR count). The zero-order valence-corrected chi connectivity index (χ0v) is 16.3. The molecule has 28 heavy (non-hydrogen) atoms. The van der Waals surface area contributed by atoms with Crippen LogP contribution >= 0.6 is 0 Å². The molecule has 1 N–H and O–H groups in total. The third-order valence-electron chi connectivity index (χ3n) is 4.35. The number of nitrogens with zero attached hydrogens (tertiary/aromatic N) is 1. The number of ether oxygens (including phenoxy) is 2. The Bertz CT molecular complexity index is 826. The summed E-state index contributed by atoms with van der Waals surface area (Å²) in [5.74, 6) is 0.107. The lowest BCUT2D eigenvalue weighted by atomic mass is 10.1. The standard InChI is InChI=1S/C21H25FN2O4/c1-15(25)24(12-10-16-8-9-19(27-2)20(14-16)28-3)13-11-23-21(26)17-6-4-5-7-18(17)22/h4-9,14H,10-13H2,1-3H3,(H,23,26). The first-order valence-electron chi connectivity index (χ1n) is 8.95. The maximum Gasteiger partial charge on any atom is 0.254 e. The minimum absolute atomic E-state index is 0.0118. The van der Waals surface area contributed by atoms with Crippen LogP contribution < -0.4 is 14.8 Å². The third-order valence-corrected chi connectivity index (χ3v) is 4.35. The molecular weight excluding hydrogens is 363 g/mol. The van der Waals surface area contributed by atoms with Gasteiger partial charge < -0.3 is 19.7 Å². The zero-order chi connectivity index (χ0) is 20.5. The van der Waals surface area contributed by atoms with Gasteiger partial charge in [0.05, 0.1) is 19.8 Å². The van der Waals surface area contributed by atoms with Crippen LogP contribution in [-0.2, 0) is 11.2 Å². The number of amides is 2. The molecule has 0 aliphatic carbocycles. The van der Waals surface area contributed by atoms with Crippen molar-refractivity contribution >= 4 is 11.8 Å². The Morgan fingerprint density at radius 3 is 2.39 bits per heavy atom. The number of carbonyl (C=O) groups is 2. The van der Waals surface area contributed by atoms with E-state index >= 15 is 0 Å². The van der Waals surface area contributed by atoms with Crippen LogP contribution in [0.3, 0.4) is 0 Å². The van der Waals surface area contributed by atoms with Gasteiger partial charge in [-0.3, -0.25) is 9.59 Å². The first-order valence-corrected chi connectivity index (χ1v) is 8.95. The van der Waals surface area contributed by atoms with Crippen LogP contribution in [0.5, 0.6) is 11.5 Å². The van der Waals surface area contributed by atoms with Gasteiger partial charge in [-0.2, -0.15) is 0 Å². The van der Waals surface area contributed by atoms with E-state index in [1.807, 2.05) is 18.2 Å². The molecule has 0 aliphatic rings. The lowest BCUT2D eigenvalue weighted by Gasteiger charge is -2.21. The molecule has 0 radical (unpaired) electrons. The van der Waals surface area contributed by atoms with Gasteiger partial charge in [0.1, 0.15) is 5.82 Å². The number of halogens is 1. The minimum atomic E-state index is -0.572. The summed E-state index contributed by atoms with van der Waals surface area (Å²) in [4.78, 5) is 25.6. The summed E-state index contributed by atoms with van der Waals surface area (Å²) in [6.45, 7) is 2.54. The lowest BCUT2D eigenvalue weighted by Crippen LogP contribution is -2.38. The van der Waals surface area contributed by atoms with Gasteiger partial charge in [0.15, 0.2) is 11.5 Å². The first-order chi connectivity index (χ1) is 13.5. The fraction of sp³-hybridized carbons (Fsp3) is 0.333. The molecule has 0 heterocycles. The maximum absolute atomic E-state index is 13.6. The molecule has 0 bridgehead atoms. The summed E-state index contributed by atoms with van der Waals surface area (Å²) in [5, 5.41) is 2.65. The number of hydrogen-bond donors (Lipinski definition) is 1. The largest absolute Gasteiger partial charge is 0.493 e. The van der Waals surface area contributed by atoms with Gasteiger partial charge in [-0.05, 0) is 36.2 Å². The van der Waals surface area contributed by atoms with Gasteiger partial charge in [0, 0.05) is 26.6 Å². The van der Waals surface area contributed by atoms with Gasteiger partial charge in [0.25, 0.3) is 5.91 Å². The van der Waals surface area contributed by atoms with Crippen LogP contribution in [0.4, 0.5) is 4.39 Å². The second-order valence-electron chi connectivity index (χ2n) is 6.18. The second kappa shape index (κ2) is 10.3. The van der Waals surface area contributed by atoms with E-state index in [2.05, 4.69) is 5.32 Å². The van der Waals surface area contributed by atoms with E-state index in [9.17, 15) is 14.0 Å². The van der Waals surface area contributed by atoms with E-state index in [-0.39, 0.29) is 18.0 Å². The van der Waals surface area contributed by atoms with E-state index in [4.69, 9.17) is 9.47 Å². The van der Waals surface area contributed by atoms with Crippen LogP contribution in [0.2, 0.25) is 0 Å². The second-order valence-corrected chi connectivity index (χ2v) is 6.18. The Hall–Kier alpha value is -3.09.